The van der Waals surface area contributed by atoms with Gasteiger partial charge in [-0.2, -0.15) is 0 Å². The first-order valence-corrected chi connectivity index (χ1v) is 6.34. The van der Waals surface area contributed by atoms with Crippen molar-refractivity contribution in [2.24, 2.45) is 5.73 Å². The molecule has 103 valence electrons. The van der Waals surface area contributed by atoms with E-state index >= 15 is 0 Å². The summed E-state index contributed by atoms with van der Waals surface area (Å²) in [5, 5.41) is 8.52. The number of hydrogen-bond donors (Lipinski definition) is 2. The second-order valence-corrected chi connectivity index (χ2v) is 4.30. The van der Waals surface area contributed by atoms with E-state index in [0.29, 0.717) is 12.8 Å². The van der Waals surface area contributed by atoms with Crippen molar-refractivity contribution in [1.82, 2.24) is 0 Å². The predicted molar refractivity (Wildman–Crippen MR) is 79.1 cm³/mol. The molecule has 1 atom stereocenters. The van der Waals surface area contributed by atoms with Crippen LogP contribution in [0.4, 0.5) is 0 Å². The Balaban J connectivity index is 0.000000217. The first-order valence-electron chi connectivity index (χ1n) is 6.34. The molecule has 0 amide bonds. The van der Waals surface area contributed by atoms with Crippen molar-refractivity contribution in [2.45, 2.75) is 18.9 Å². The molecular formula is C17H18NO2. The standard InChI is InChI=1S/C9H11NO2.C8H7/c10-8(9(11)12)6-7-4-2-1-3-5-7;1-2-8-6-4-3-5-7-8/h1-5,8H,6,10H2,(H,11,12);3-7H,2H2/t8-;/m0./s1. The van der Waals surface area contributed by atoms with Crippen molar-refractivity contribution in [3.8, 4) is 0 Å². The van der Waals surface area contributed by atoms with Crippen molar-refractivity contribution < 1.29 is 9.90 Å². The lowest BCUT2D eigenvalue weighted by Gasteiger charge is -2.04. The molecule has 2 aromatic carbocycles. The Morgan fingerprint density at radius 1 is 1.00 bits per heavy atom. The first kappa shape index (κ1) is 15.9. The van der Waals surface area contributed by atoms with E-state index in [-0.39, 0.29) is 0 Å². The fourth-order valence-electron chi connectivity index (χ4n) is 1.55. The van der Waals surface area contributed by atoms with Gasteiger partial charge in [0.25, 0.3) is 0 Å². The fraction of sp³-hybridized carbons (Fsp3) is 0.176. The van der Waals surface area contributed by atoms with Crippen LogP contribution in [0, 0.1) is 6.92 Å². The molecular weight excluding hydrogens is 250 g/mol. The third-order valence-electron chi connectivity index (χ3n) is 2.66. The Morgan fingerprint density at radius 3 is 1.80 bits per heavy atom. The molecule has 0 heterocycles. The van der Waals surface area contributed by atoms with Gasteiger partial charge in [-0.3, -0.25) is 4.79 Å². The summed E-state index contributed by atoms with van der Waals surface area (Å²) in [4.78, 5) is 10.4. The summed E-state index contributed by atoms with van der Waals surface area (Å²) < 4.78 is 0. The number of benzene rings is 2. The minimum absolute atomic E-state index is 0.385. The maximum absolute atomic E-state index is 10.4. The van der Waals surface area contributed by atoms with E-state index in [9.17, 15) is 4.79 Å². The highest BCUT2D eigenvalue weighted by molar-refractivity contribution is 5.73. The SMILES string of the molecule is N[C@@H](Cc1ccccc1)C(=O)O.[C]Cc1ccccc1. The zero-order valence-electron chi connectivity index (χ0n) is 11.2. The molecule has 0 saturated heterocycles. The summed E-state index contributed by atoms with van der Waals surface area (Å²) in [6, 6.07) is 18.3. The average molecular weight is 268 g/mol. The highest BCUT2D eigenvalue weighted by atomic mass is 16.4. The Morgan fingerprint density at radius 2 is 1.45 bits per heavy atom. The molecule has 0 unspecified atom stereocenters. The largest absolute Gasteiger partial charge is 0.480 e. The van der Waals surface area contributed by atoms with Gasteiger partial charge in [-0.05, 0) is 30.9 Å². The van der Waals surface area contributed by atoms with Gasteiger partial charge in [0.15, 0.2) is 0 Å². The van der Waals surface area contributed by atoms with Gasteiger partial charge in [-0.25, -0.2) is 0 Å². The van der Waals surface area contributed by atoms with Crippen LogP contribution >= 0.6 is 0 Å². The van der Waals surface area contributed by atoms with E-state index < -0.39 is 12.0 Å². The van der Waals surface area contributed by atoms with Crippen LogP contribution in [0.2, 0.25) is 0 Å². The molecule has 0 aliphatic rings. The van der Waals surface area contributed by atoms with E-state index in [4.69, 9.17) is 17.8 Å². The molecule has 3 radical (unpaired) electrons. The second kappa shape index (κ2) is 8.88. The molecule has 3 N–H and O–H groups in total. The van der Waals surface area contributed by atoms with Crippen molar-refractivity contribution in [3.63, 3.8) is 0 Å². The van der Waals surface area contributed by atoms with Crippen molar-refractivity contribution in [2.75, 3.05) is 0 Å². The quantitative estimate of drug-likeness (QED) is 0.895. The summed E-state index contributed by atoms with van der Waals surface area (Å²) in [5.74, 6) is -0.959. The van der Waals surface area contributed by atoms with Crippen LogP contribution in [0.1, 0.15) is 11.1 Å². The van der Waals surface area contributed by atoms with Gasteiger partial charge >= 0.3 is 5.97 Å². The van der Waals surface area contributed by atoms with E-state index in [0.717, 1.165) is 11.1 Å². The number of carboxylic acid groups (broad SMARTS) is 1. The fourth-order valence-corrected chi connectivity index (χ4v) is 1.55. The molecule has 0 fully saturated rings. The number of carboxylic acids is 1. The Hall–Kier alpha value is -2.13. The van der Waals surface area contributed by atoms with Gasteiger partial charge < -0.3 is 10.8 Å². The Bertz CT molecular complexity index is 497. The van der Waals surface area contributed by atoms with Crippen molar-refractivity contribution in [1.29, 1.82) is 0 Å². The number of carbonyl (C=O) groups is 1. The van der Waals surface area contributed by atoms with Crippen LogP contribution in [0.5, 0.6) is 0 Å². The van der Waals surface area contributed by atoms with Gasteiger partial charge in [-0.15, -0.1) is 0 Å². The van der Waals surface area contributed by atoms with Crippen LogP contribution in [0.25, 0.3) is 0 Å². The maximum Gasteiger partial charge on any atom is 0.320 e. The molecule has 2 rings (SSSR count). The third kappa shape index (κ3) is 6.16. The van der Waals surface area contributed by atoms with E-state index in [1.54, 1.807) is 0 Å². The summed E-state index contributed by atoms with van der Waals surface area (Å²) in [7, 11) is 0. The highest BCUT2D eigenvalue weighted by Crippen LogP contribution is 2.01. The van der Waals surface area contributed by atoms with Crippen LogP contribution < -0.4 is 5.73 Å². The summed E-state index contributed by atoms with van der Waals surface area (Å²) in [5.41, 5.74) is 7.38. The second-order valence-electron chi connectivity index (χ2n) is 4.30. The molecule has 20 heavy (non-hydrogen) atoms. The third-order valence-corrected chi connectivity index (χ3v) is 2.66. The molecule has 0 bridgehead atoms. The zero-order chi connectivity index (χ0) is 14.8. The number of nitrogens with two attached hydrogens (primary N) is 1. The number of aliphatic carboxylic acids is 1. The minimum Gasteiger partial charge on any atom is -0.480 e. The van der Waals surface area contributed by atoms with Crippen LogP contribution in [0.3, 0.4) is 0 Å². The van der Waals surface area contributed by atoms with Gasteiger partial charge in [0.05, 0.1) is 0 Å². The first-order chi connectivity index (χ1) is 9.63. The van der Waals surface area contributed by atoms with Gasteiger partial charge in [0.2, 0.25) is 0 Å². The van der Waals surface area contributed by atoms with Crippen LogP contribution in [0.15, 0.2) is 60.7 Å². The van der Waals surface area contributed by atoms with Crippen LogP contribution in [-0.2, 0) is 17.6 Å². The molecule has 0 aliphatic heterocycles. The van der Waals surface area contributed by atoms with E-state index in [1.165, 1.54) is 0 Å². The molecule has 2 aromatic rings. The topological polar surface area (TPSA) is 63.3 Å². The lowest BCUT2D eigenvalue weighted by molar-refractivity contribution is -0.138. The summed E-state index contributed by atoms with van der Waals surface area (Å²) in [6.45, 7) is 6.94. The number of rotatable bonds is 4. The monoisotopic (exact) mass is 268 g/mol. The lowest BCUT2D eigenvalue weighted by atomic mass is 10.1. The van der Waals surface area contributed by atoms with Gasteiger partial charge in [0.1, 0.15) is 6.04 Å². The number of hydrogen-bond acceptors (Lipinski definition) is 2. The van der Waals surface area contributed by atoms with E-state index in [1.807, 2.05) is 60.7 Å². The minimum atomic E-state index is -0.959. The summed E-state index contributed by atoms with van der Waals surface area (Å²) in [6.07, 6.45) is 0.775. The average Bonchev–Trinajstić information content (AvgIpc) is 2.49. The molecule has 0 aliphatic carbocycles. The smallest absolute Gasteiger partial charge is 0.320 e. The highest BCUT2D eigenvalue weighted by Gasteiger charge is 2.10. The molecule has 0 spiro atoms. The molecule has 0 aromatic heterocycles. The van der Waals surface area contributed by atoms with Crippen molar-refractivity contribution >= 4 is 5.97 Å². The lowest BCUT2D eigenvalue weighted by Crippen LogP contribution is -2.32. The normalized spacial score (nSPS) is 11.1. The van der Waals surface area contributed by atoms with Gasteiger partial charge in [0, 0.05) is 0 Å². The Labute approximate surface area is 120 Å². The molecule has 3 nitrogen and oxygen atoms in total. The van der Waals surface area contributed by atoms with Crippen molar-refractivity contribution in [3.05, 3.63) is 78.7 Å². The summed E-state index contributed by atoms with van der Waals surface area (Å²) >= 11 is 0. The molecule has 3 heteroatoms. The zero-order valence-corrected chi connectivity index (χ0v) is 11.2. The van der Waals surface area contributed by atoms with Gasteiger partial charge in [-0.1, -0.05) is 60.7 Å². The predicted octanol–water partition coefficient (Wildman–Crippen LogP) is 2.46. The van der Waals surface area contributed by atoms with E-state index in [2.05, 4.69) is 0 Å². The maximum atomic E-state index is 10.4. The van der Waals surface area contributed by atoms with Crippen LogP contribution in [-0.4, -0.2) is 17.1 Å². The Kier molecular flexibility index (Phi) is 7.07. The molecule has 0 saturated carbocycles.